The Balaban J connectivity index is 2.16. The molecule has 0 aliphatic carbocycles. The maximum absolute atomic E-state index is 12.0. The number of carbonyl (C=O) groups is 1. The number of amides is 1. The van der Waals surface area contributed by atoms with Crippen molar-refractivity contribution in [3.05, 3.63) is 40.7 Å². The minimum absolute atomic E-state index is 0.0203. The standard InChI is InChI=1S/C14H17N5O3/c1-3-17(4-2)13(20)9-18-10-15-14(16-18)11-6-5-7-12(8-11)19(21)22/h5-8,10H,3-4,9H2,1-2H3. The normalized spacial score (nSPS) is 10.5. The number of rotatable bonds is 6. The molecule has 0 saturated heterocycles. The fourth-order valence-corrected chi connectivity index (χ4v) is 2.08. The minimum Gasteiger partial charge on any atom is -0.342 e. The van der Waals surface area contributed by atoms with Crippen LogP contribution in [0.3, 0.4) is 0 Å². The van der Waals surface area contributed by atoms with Crippen LogP contribution < -0.4 is 0 Å². The third-order valence-electron chi connectivity index (χ3n) is 3.27. The number of hydrogen-bond donors (Lipinski definition) is 0. The summed E-state index contributed by atoms with van der Waals surface area (Å²) in [6.07, 6.45) is 1.45. The summed E-state index contributed by atoms with van der Waals surface area (Å²) < 4.78 is 1.44. The van der Waals surface area contributed by atoms with Gasteiger partial charge < -0.3 is 4.90 Å². The van der Waals surface area contributed by atoms with Crippen LogP contribution >= 0.6 is 0 Å². The molecule has 2 aromatic rings. The molecule has 1 aromatic heterocycles. The van der Waals surface area contributed by atoms with Crippen LogP contribution in [0.2, 0.25) is 0 Å². The Morgan fingerprint density at radius 3 is 2.73 bits per heavy atom. The molecule has 22 heavy (non-hydrogen) atoms. The van der Waals surface area contributed by atoms with Crippen molar-refractivity contribution in [3.63, 3.8) is 0 Å². The molecule has 0 N–H and O–H groups in total. The van der Waals surface area contributed by atoms with Gasteiger partial charge in [-0.15, -0.1) is 0 Å². The quantitative estimate of drug-likeness (QED) is 0.598. The number of nitro groups is 1. The molecule has 8 nitrogen and oxygen atoms in total. The summed E-state index contributed by atoms with van der Waals surface area (Å²) in [5.74, 6) is 0.316. The number of hydrogen-bond acceptors (Lipinski definition) is 5. The van der Waals surface area contributed by atoms with Crippen LogP contribution in [0.5, 0.6) is 0 Å². The first kappa shape index (κ1) is 15.6. The van der Waals surface area contributed by atoms with E-state index >= 15 is 0 Å². The molecular weight excluding hydrogens is 286 g/mol. The Bertz CT molecular complexity index is 679. The second-order valence-electron chi connectivity index (χ2n) is 4.64. The van der Waals surface area contributed by atoms with E-state index in [0.717, 1.165) is 0 Å². The second kappa shape index (κ2) is 6.79. The van der Waals surface area contributed by atoms with Crippen LogP contribution in [0.15, 0.2) is 30.6 Å². The molecule has 0 aliphatic heterocycles. The summed E-state index contributed by atoms with van der Waals surface area (Å²) in [7, 11) is 0. The van der Waals surface area contributed by atoms with Crippen LogP contribution in [0.4, 0.5) is 5.69 Å². The van der Waals surface area contributed by atoms with E-state index in [1.54, 1.807) is 17.0 Å². The van der Waals surface area contributed by atoms with Gasteiger partial charge >= 0.3 is 0 Å². The van der Waals surface area contributed by atoms with Crippen molar-refractivity contribution in [2.45, 2.75) is 20.4 Å². The third-order valence-corrected chi connectivity index (χ3v) is 3.27. The lowest BCUT2D eigenvalue weighted by atomic mass is 10.2. The minimum atomic E-state index is -0.468. The van der Waals surface area contributed by atoms with Gasteiger partial charge in [-0.1, -0.05) is 12.1 Å². The van der Waals surface area contributed by atoms with Crippen LogP contribution in [0, 0.1) is 10.1 Å². The van der Waals surface area contributed by atoms with Crippen LogP contribution in [-0.4, -0.2) is 43.6 Å². The largest absolute Gasteiger partial charge is 0.342 e. The Labute approximate surface area is 127 Å². The fraction of sp³-hybridized carbons (Fsp3) is 0.357. The van der Waals surface area contributed by atoms with Gasteiger partial charge in [0.2, 0.25) is 5.91 Å². The molecule has 2 rings (SSSR count). The Morgan fingerprint density at radius 1 is 1.36 bits per heavy atom. The van der Waals surface area contributed by atoms with E-state index in [1.165, 1.54) is 23.1 Å². The second-order valence-corrected chi connectivity index (χ2v) is 4.64. The first-order valence-electron chi connectivity index (χ1n) is 6.97. The van der Waals surface area contributed by atoms with Crippen molar-refractivity contribution in [1.82, 2.24) is 19.7 Å². The highest BCUT2D eigenvalue weighted by molar-refractivity contribution is 5.75. The van der Waals surface area contributed by atoms with E-state index in [1.807, 2.05) is 13.8 Å². The topological polar surface area (TPSA) is 94.2 Å². The van der Waals surface area contributed by atoms with Crippen LogP contribution in [0.25, 0.3) is 11.4 Å². The summed E-state index contributed by atoms with van der Waals surface area (Å²) >= 11 is 0. The van der Waals surface area contributed by atoms with Crippen molar-refractivity contribution in [2.75, 3.05) is 13.1 Å². The monoisotopic (exact) mass is 303 g/mol. The zero-order valence-electron chi connectivity index (χ0n) is 12.5. The van der Waals surface area contributed by atoms with Crippen molar-refractivity contribution in [3.8, 4) is 11.4 Å². The molecule has 1 heterocycles. The van der Waals surface area contributed by atoms with Gasteiger partial charge in [-0.25, -0.2) is 9.67 Å². The number of nitrogens with zero attached hydrogens (tertiary/aromatic N) is 5. The average molecular weight is 303 g/mol. The lowest BCUT2D eigenvalue weighted by Crippen LogP contribution is -2.33. The molecule has 0 unspecified atom stereocenters. The lowest BCUT2D eigenvalue weighted by molar-refractivity contribution is -0.384. The van der Waals surface area contributed by atoms with E-state index in [0.29, 0.717) is 24.5 Å². The molecule has 1 amide bonds. The SMILES string of the molecule is CCN(CC)C(=O)Cn1cnc(-c2cccc([N+](=O)[O-])c2)n1. The van der Waals surface area contributed by atoms with Crippen molar-refractivity contribution >= 4 is 11.6 Å². The Kier molecular flexibility index (Phi) is 4.82. The van der Waals surface area contributed by atoms with Gasteiger partial charge in [0.15, 0.2) is 5.82 Å². The van der Waals surface area contributed by atoms with E-state index in [4.69, 9.17) is 0 Å². The number of benzene rings is 1. The van der Waals surface area contributed by atoms with Gasteiger partial charge in [0.25, 0.3) is 5.69 Å². The molecular formula is C14H17N5O3. The number of nitro benzene ring substituents is 1. The molecule has 0 saturated carbocycles. The van der Waals surface area contributed by atoms with Gasteiger partial charge in [0.05, 0.1) is 4.92 Å². The van der Waals surface area contributed by atoms with Crippen LogP contribution in [-0.2, 0) is 11.3 Å². The predicted molar refractivity (Wildman–Crippen MR) is 80.0 cm³/mol. The van der Waals surface area contributed by atoms with E-state index in [9.17, 15) is 14.9 Å². The number of likely N-dealkylation sites (N-methyl/N-ethyl adjacent to an activating group) is 1. The highest BCUT2D eigenvalue weighted by atomic mass is 16.6. The predicted octanol–water partition coefficient (Wildman–Crippen LogP) is 1.72. The number of aromatic nitrogens is 3. The third kappa shape index (κ3) is 3.46. The summed E-state index contributed by atoms with van der Waals surface area (Å²) in [5, 5.41) is 15.0. The summed E-state index contributed by atoms with van der Waals surface area (Å²) in [5.41, 5.74) is 0.524. The van der Waals surface area contributed by atoms with E-state index < -0.39 is 4.92 Å². The molecule has 0 fully saturated rings. The van der Waals surface area contributed by atoms with Gasteiger partial charge in [0, 0.05) is 30.8 Å². The van der Waals surface area contributed by atoms with E-state index in [-0.39, 0.29) is 18.1 Å². The number of carbonyl (C=O) groups excluding carboxylic acids is 1. The average Bonchev–Trinajstić information content (AvgIpc) is 2.97. The zero-order chi connectivity index (χ0) is 16.1. The first-order chi connectivity index (χ1) is 10.5. The molecule has 0 bridgehead atoms. The molecule has 8 heteroatoms. The molecule has 0 radical (unpaired) electrons. The molecule has 0 atom stereocenters. The summed E-state index contributed by atoms with van der Waals surface area (Å²) in [6, 6.07) is 6.09. The lowest BCUT2D eigenvalue weighted by Gasteiger charge is -2.18. The smallest absolute Gasteiger partial charge is 0.270 e. The Morgan fingerprint density at radius 2 is 2.09 bits per heavy atom. The van der Waals surface area contributed by atoms with Crippen molar-refractivity contribution in [1.29, 1.82) is 0 Å². The number of non-ortho nitro benzene ring substituents is 1. The molecule has 116 valence electrons. The van der Waals surface area contributed by atoms with Crippen LogP contribution in [0.1, 0.15) is 13.8 Å². The maximum Gasteiger partial charge on any atom is 0.270 e. The van der Waals surface area contributed by atoms with Gasteiger partial charge in [-0.05, 0) is 13.8 Å². The van der Waals surface area contributed by atoms with Gasteiger partial charge in [-0.2, -0.15) is 5.10 Å². The van der Waals surface area contributed by atoms with Gasteiger partial charge in [0.1, 0.15) is 12.9 Å². The molecule has 0 aliphatic rings. The molecule has 1 aromatic carbocycles. The molecule has 0 spiro atoms. The van der Waals surface area contributed by atoms with Gasteiger partial charge in [-0.3, -0.25) is 14.9 Å². The zero-order valence-corrected chi connectivity index (χ0v) is 12.5. The van der Waals surface area contributed by atoms with Crippen molar-refractivity contribution in [2.24, 2.45) is 0 Å². The van der Waals surface area contributed by atoms with E-state index in [2.05, 4.69) is 10.1 Å². The highest BCUT2D eigenvalue weighted by Crippen LogP contribution is 2.20. The summed E-state index contributed by atoms with van der Waals surface area (Å²) in [6.45, 7) is 5.21. The Hall–Kier alpha value is -2.77. The first-order valence-corrected chi connectivity index (χ1v) is 6.97. The maximum atomic E-state index is 12.0. The fourth-order valence-electron chi connectivity index (χ4n) is 2.08. The highest BCUT2D eigenvalue weighted by Gasteiger charge is 2.13. The summed E-state index contributed by atoms with van der Waals surface area (Å²) in [4.78, 5) is 28.1. The van der Waals surface area contributed by atoms with Crippen molar-refractivity contribution < 1.29 is 9.72 Å².